The average molecular weight is 383 g/mol. The average Bonchev–Trinajstić information content (AvgIpc) is 3.11. The molecule has 7 nitrogen and oxygen atoms in total. The van der Waals surface area contributed by atoms with E-state index in [1.807, 2.05) is 36.1 Å². The van der Waals surface area contributed by atoms with E-state index in [2.05, 4.69) is 5.11 Å². The molecule has 1 saturated heterocycles. The molecule has 0 bridgehead atoms. The number of carbonyl (C=O) groups excluding carboxylic acids is 2. The molecule has 2 heterocycles. The lowest BCUT2D eigenvalue weighted by Gasteiger charge is -2.27. The Morgan fingerprint density at radius 1 is 1.14 bits per heavy atom. The van der Waals surface area contributed by atoms with Crippen LogP contribution in [-0.4, -0.2) is 47.4 Å². The molecule has 8 heteroatoms. The fourth-order valence-corrected chi connectivity index (χ4v) is 3.44. The van der Waals surface area contributed by atoms with Crippen LogP contribution in [0.5, 0.6) is 5.75 Å². The Kier molecular flexibility index (Phi) is 4.77. The van der Waals surface area contributed by atoms with E-state index in [0.29, 0.717) is 25.3 Å². The van der Waals surface area contributed by atoms with Gasteiger partial charge in [-0.25, -0.2) is 9.18 Å². The van der Waals surface area contributed by atoms with Gasteiger partial charge in [-0.05, 0) is 48.0 Å². The fraction of sp³-hybridized carbons (Fsp3) is 0.300. The van der Waals surface area contributed by atoms with Crippen LogP contribution in [0, 0.1) is 5.82 Å². The number of halogens is 1. The van der Waals surface area contributed by atoms with Gasteiger partial charge >= 0.3 is 11.8 Å². The first-order valence-electron chi connectivity index (χ1n) is 9.14. The van der Waals surface area contributed by atoms with Crippen molar-refractivity contribution in [3.63, 3.8) is 0 Å². The van der Waals surface area contributed by atoms with Crippen LogP contribution in [0.15, 0.2) is 53.6 Å². The number of rotatable bonds is 5. The van der Waals surface area contributed by atoms with Gasteiger partial charge in [-0.2, -0.15) is 0 Å². The van der Waals surface area contributed by atoms with Crippen LogP contribution in [0.2, 0.25) is 0 Å². The van der Waals surface area contributed by atoms with Gasteiger partial charge in [0.05, 0.1) is 6.61 Å². The molecule has 2 aliphatic heterocycles. The number of hydrogen-bond donors (Lipinski definition) is 0. The summed E-state index contributed by atoms with van der Waals surface area (Å²) >= 11 is 0. The van der Waals surface area contributed by atoms with E-state index in [0.717, 1.165) is 16.1 Å². The number of nitrogens with zero attached hydrogens (tertiary/aromatic N) is 4. The maximum absolute atomic E-state index is 13.5. The summed E-state index contributed by atoms with van der Waals surface area (Å²) < 4.78 is 20.0. The summed E-state index contributed by atoms with van der Waals surface area (Å²) in [5, 5.41) is 4.48. The van der Waals surface area contributed by atoms with Crippen molar-refractivity contribution in [3.05, 3.63) is 59.9 Å². The molecule has 2 aliphatic rings. The first kappa shape index (κ1) is 18.1. The van der Waals surface area contributed by atoms with Gasteiger partial charge in [0.1, 0.15) is 11.6 Å². The Labute approximate surface area is 161 Å². The molecule has 144 valence electrons. The number of hydrogen-bond acceptors (Lipinski definition) is 5. The molecule has 1 atom stereocenters. The molecule has 0 N–H and O–H groups in total. The smallest absolute Gasteiger partial charge is 0.494 e. The summed E-state index contributed by atoms with van der Waals surface area (Å²) in [6.07, 6.45) is -0.600. The highest BCUT2D eigenvalue weighted by atomic mass is 19.1. The van der Waals surface area contributed by atoms with Crippen molar-refractivity contribution in [2.24, 2.45) is 5.11 Å². The molecular weight excluding hydrogens is 363 g/mol. The van der Waals surface area contributed by atoms with Gasteiger partial charge in [0, 0.05) is 29.5 Å². The second-order valence-corrected chi connectivity index (χ2v) is 6.57. The predicted molar refractivity (Wildman–Crippen MR) is 98.3 cm³/mol. The lowest BCUT2D eigenvalue weighted by Crippen LogP contribution is -2.51. The van der Waals surface area contributed by atoms with Gasteiger partial charge < -0.3 is 9.64 Å². The van der Waals surface area contributed by atoms with Crippen LogP contribution in [0.3, 0.4) is 0 Å². The van der Waals surface area contributed by atoms with Gasteiger partial charge in [-0.3, -0.25) is 9.69 Å². The number of anilines is 1. The van der Waals surface area contributed by atoms with Crippen molar-refractivity contribution < 1.29 is 23.4 Å². The summed E-state index contributed by atoms with van der Waals surface area (Å²) in [6, 6.07) is 13.5. The summed E-state index contributed by atoms with van der Waals surface area (Å²) in [7, 11) is 0. The third-order valence-corrected chi connectivity index (χ3v) is 4.76. The van der Waals surface area contributed by atoms with Gasteiger partial charge in [0.2, 0.25) is 6.54 Å². The maximum Gasteiger partial charge on any atom is 0.502 e. The number of fused-ring (bicyclic) bond motifs is 1. The summed E-state index contributed by atoms with van der Waals surface area (Å²) in [5.41, 5.74) is 1.46. The van der Waals surface area contributed by atoms with Crippen molar-refractivity contribution >= 4 is 17.5 Å². The van der Waals surface area contributed by atoms with E-state index in [-0.39, 0.29) is 6.54 Å². The zero-order valence-corrected chi connectivity index (χ0v) is 15.4. The molecule has 0 spiro atoms. The van der Waals surface area contributed by atoms with Crippen molar-refractivity contribution in [2.45, 2.75) is 19.8 Å². The van der Waals surface area contributed by atoms with E-state index >= 15 is 0 Å². The van der Waals surface area contributed by atoms with Crippen molar-refractivity contribution in [2.75, 3.05) is 24.6 Å². The molecule has 1 unspecified atom stereocenters. The Morgan fingerprint density at radius 2 is 1.89 bits per heavy atom. The molecule has 1 fully saturated rings. The van der Waals surface area contributed by atoms with Crippen LogP contribution in [0.4, 0.5) is 10.1 Å². The summed E-state index contributed by atoms with van der Waals surface area (Å²) in [4.78, 5) is 28.4. The minimum Gasteiger partial charge on any atom is -0.494 e. The molecule has 0 saturated carbocycles. The Bertz CT molecular complexity index is 945. The van der Waals surface area contributed by atoms with E-state index in [1.54, 1.807) is 12.1 Å². The third-order valence-electron chi connectivity index (χ3n) is 4.76. The maximum atomic E-state index is 13.5. The van der Waals surface area contributed by atoms with Crippen molar-refractivity contribution in [1.29, 1.82) is 0 Å². The lowest BCUT2D eigenvalue weighted by molar-refractivity contribution is -0.534. The second-order valence-electron chi connectivity index (χ2n) is 6.57. The molecule has 2 amide bonds. The topological polar surface area (TPSA) is 65.2 Å². The number of azo groups is 2. The molecular formula is C20H20FN4O3+. The van der Waals surface area contributed by atoms with Crippen LogP contribution >= 0.6 is 0 Å². The van der Waals surface area contributed by atoms with E-state index in [1.165, 1.54) is 17.0 Å². The quantitative estimate of drug-likeness (QED) is 0.587. The van der Waals surface area contributed by atoms with Crippen LogP contribution in [0.1, 0.15) is 12.5 Å². The van der Waals surface area contributed by atoms with E-state index in [4.69, 9.17) is 4.74 Å². The first-order valence-corrected chi connectivity index (χ1v) is 9.14. The van der Waals surface area contributed by atoms with E-state index in [9.17, 15) is 14.0 Å². The summed E-state index contributed by atoms with van der Waals surface area (Å²) in [6.45, 7) is 3.53. The third kappa shape index (κ3) is 3.33. The molecule has 2 aromatic carbocycles. The highest BCUT2D eigenvalue weighted by Crippen LogP contribution is 2.28. The van der Waals surface area contributed by atoms with Gasteiger partial charge in [0.15, 0.2) is 0 Å². The highest BCUT2D eigenvalue weighted by molar-refractivity contribution is 6.31. The molecule has 0 aromatic heterocycles. The summed E-state index contributed by atoms with van der Waals surface area (Å²) in [5.74, 6) is -0.924. The standard InChI is InChI=1S/C20H20FN4O3/c1-2-28-17-8-6-16(7-9-17)23-10-11-24-18(26)19(27)25(22-20(23)24)13-14-4-3-5-15(21)12-14/h3-9,12,20H,2,10-11,13H2,1H3/q+1. The Balaban J connectivity index is 1.62. The largest absolute Gasteiger partial charge is 0.502 e. The minimum absolute atomic E-state index is 0.0454. The van der Waals surface area contributed by atoms with E-state index < -0.39 is 23.9 Å². The van der Waals surface area contributed by atoms with Crippen LogP contribution in [0.25, 0.3) is 0 Å². The fourth-order valence-electron chi connectivity index (χ4n) is 3.44. The van der Waals surface area contributed by atoms with Gasteiger partial charge in [0.25, 0.3) is 6.29 Å². The molecule has 0 radical (unpaired) electrons. The SMILES string of the molecule is CCOc1ccc(N2CCN3C(=O)C(=O)[N+](Cc4cccc(F)c4)=NC32)cc1. The van der Waals surface area contributed by atoms with Crippen molar-refractivity contribution in [1.82, 2.24) is 4.90 Å². The number of carbonyl (C=O) groups is 2. The monoisotopic (exact) mass is 383 g/mol. The molecule has 4 rings (SSSR count). The van der Waals surface area contributed by atoms with Crippen molar-refractivity contribution in [3.8, 4) is 5.75 Å². The molecule has 28 heavy (non-hydrogen) atoms. The highest BCUT2D eigenvalue weighted by Gasteiger charge is 2.49. The van der Waals surface area contributed by atoms with Crippen LogP contribution < -0.4 is 9.64 Å². The number of ether oxygens (including phenoxy) is 1. The second kappa shape index (κ2) is 7.38. The van der Waals surface area contributed by atoms with Gasteiger partial charge in [-0.15, -0.1) is 0 Å². The Hall–Kier alpha value is -3.29. The first-order chi connectivity index (χ1) is 13.6. The minimum atomic E-state index is -0.700. The normalized spacial score (nSPS) is 18.9. The molecule has 0 aliphatic carbocycles. The lowest BCUT2D eigenvalue weighted by atomic mass is 10.2. The van der Waals surface area contributed by atoms with Gasteiger partial charge in [-0.1, -0.05) is 12.1 Å². The number of benzene rings is 2. The zero-order chi connectivity index (χ0) is 19.7. The van der Waals surface area contributed by atoms with Crippen LogP contribution in [-0.2, 0) is 16.1 Å². The predicted octanol–water partition coefficient (Wildman–Crippen LogP) is 2.36. The molecule has 2 aromatic rings. The zero-order valence-electron chi connectivity index (χ0n) is 15.4. The Morgan fingerprint density at radius 3 is 2.61 bits per heavy atom. The number of amides is 2.